The molecule has 0 aliphatic carbocycles. The molecule has 0 saturated heterocycles. The highest BCUT2D eigenvalue weighted by Crippen LogP contribution is 2.38. The number of nitrogens with one attached hydrogen (secondary N) is 2. The number of aromatic nitrogens is 1. The summed E-state index contributed by atoms with van der Waals surface area (Å²) < 4.78 is 16.1. The number of hydrazone groups is 1. The lowest BCUT2D eigenvalue weighted by molar-refractivity contribution is 0.0695. The van der Waals surface area contributed by atoms with Crippen molar-refractivity contribution in [1.29, 1.82) is 0 Å². The Bertz CT molecular complexity index is 1690. The second-order valence-electron chi connectivity index (χ2n) is 8.22. The van der Waals surface area contributed by atoms with E-state index in [-0.39, 0.29) is 17.2 Å². The Morgan fingerprint density at radius 3 is 2.59 bits per heavy atom. The fourth-order valence-corrected chi connectivity index (χ4v) is 4.47. The number of furan rings is 1. The third kappa shape index (κ3) is 5.52. The van der Waals surface area contributed by atoms with Gasteiger partial charge in [0.2, 0.25) is 5.76 Å². The van der Waals surface area contributed by atoms with Gasteiger partial charge in [-0.2, -0.15) is 5.10 Å². The zero-order valence-corrected chi connectivity index (χ0v) is 22.0. The summed E-state index contributed by atoms with van der Waals surface area (Å²) in [6.45, 7) is 2.15. The van der Waals surface area contributed by atoms with Crippen LogP contribution in [0, 0.1) is 0 Å². The Labute approximate surface area is 233 Å². The van der Waals surface area contributed by atoms with Crippen molar-refractivity contribution in [2.24, 2.45) is 5.10 Å². The van der Waals surface area contributed by atoms with Crippen LogP contribution in [0.1, 0.15) is 33.5 Å². The van der Waals surface area contributed by atoms with E-state index in [1.807, 2.05) is 37.3 Å². The highest BCUT2D eigenvalue weighted by Gasteiger charge is 2.22. The van der Waals surface area contributed by atoms with E-state index in [1.165, 1.54) is 18.5 Å². The average Bonchev–Trinajstić information content (AvgIpc) is 3.60. The van der Waals surface area contributed by atoms with Gasteiger partial charge in [0.05, 0.1) is 29.6 Å². The molecule has 0 unspecified atom stereocenters. The number of halogens is 2. The standard InChI is InChI=1S/C29H21Cl2N3O5/c1-2-37-24-15-17(12-13-22(24)39-29(36)23-11-6-14-38-23)16-32-34-28(35)27-25(18-7-3-4-9-20(18)30)19-8-5-10-21(31)26(19)33-27/h3-16,33H,2H2,1H3,(H,34,35). The van der Waals surface area contributed by atoms with Gasteiger partial charge in [0.25, 0.3) is 5.91 Å². The Kier molecular flexibility index (Phi) is 7.67. The topological polar surface area (TPSA) is 106 Å². The molecule has 196 valence electrons. The highest BCUT2D eigenvalue weighted by atomic mass is 35.5. The van der Waals surface area contributed by atoms with Crippen molar-refractivity contribution in [3.8, 4) is 22.6 Å². The molecular formula is C29H21Cl2N3O5. The lowest BCUT2D eigenvalue weighted by Gasteiger charge is -2.10. The molecule has 0 aliphatic rings. The van der Waals surface area contributed by atoms with Gasteiger partial charge in [-0.25, -0.2) is 10.2 Å². The molecule has 2 heterocycles. The fourth-order valence-electron chi connectivity index (χ4n) is 4.02. The fraction of sp³-hybridized carbons (Fsp3) is 0.0690. The van der Waals surface area contributed by atoms with Crippen molar-refractivity contribution in [2.45, 2.75) is 6.92 Å². The number of H-pyrrole nitrogens is 1. The normalized spacial score (nSPS) is 11.2. The second kappa shape index (κ2) is 11.5. The summed E-state index contributed by atoms with van der Waals surface area (Å²) in [5, 5.41) is 5.83. The first-order valence-corrected chi connectivity index (χ1v) is 12.6. The number of ether oxygens (including phenoxy) is 2. The number of carbonyl (C=O) groups is 2. The number of hydrogen-bond donors (Lipinski definition) is 2. The van der Waals surface area contributed by atoms with Crippen molar-refractivity contribution < 1.29 is 23.5 Å². The third-order valence-corrected chi connectivity index (χ3v) is 6.37. The van der Waals surface area contributed by atoms with Gasteiger partial charge in [0, 0.05) is 21.5 Å². The van der Waals surface area contributed by atoms with Crippen molar-refractivity contribution >= 4 is 52.2 Å². The van der Waals surface area contributed by atoms with E-state index in [9.17, 15) is 9.59 Å². The van der Waals surface area contributed by atoms with Crippen LogP contribution in [0.25, 0.3) is 22.0 Å². The van der Waals surface area contributed by atoms with Gasteiger partial charge >= 0.3 is 5.97 Å². The van der Waals surface area contributed by atoms with Gasteiger partial charge < -0.3 is 18.9 Å². The van der Waals surface area contributed by atoms with Gasteiger partial charge in [0.1, 0.15) is 5.69 Å². The first-order valence-electron chi connectivity index (χ1n) is 11.9. The number of aromatic amines is 1. The van der Waals surface area contributed by atoms with Crippen LogP contribution < -0.4 is 14.9 Å². The minimum absolute atomic E-state index is 0.0697. The van der Waals surface area contributed by atoms with Crippen LogP contribution in [-0.4, -0.2) is 29.7 Å². The maximum Gasteiger partial charge on any atom is 0.379 e. The molecule has 0 fully saturated rings. The predicted molar refractivity (Wildman–Crippen MR) is 150 cm³/mol. The lowest BCUT2D eigenvalue weighted by atomic mass is 10.0. The van der Waals surface area contributed by atoms with Crippen LogP contribution in [0.2, 0.25) is 10.0 Å². The average molecular weight is 562 g/mol. The Balaban J connectivity index is 1.39. The minimum Gasteiger partial charge on any atom is -0.490 e. The summed E-state index contributed by atoms with van der Waals surface area (Å²) in [5.41, 5.74) is 5.33. The number of rotatable bonds is 8. The van der Waals surface area contributed by atoms with E-state index in [1.54, 1.807) is 36.4 Å². The Morgan fingerprint density at radius 2 is 1.82 bits per heavy atom. The molecule has 0 radical (unpaired) electrons. The van der Waals surface area contributed by atoms with Crippen LogP contribution in [0.3, 0.4) is 0 Å². The number of esters is 1. The van der Waals surface area contributed by atoms with E-state index in [0.717, 1.165) is 5.39 Å². The number of para-hydroxylation sites is 1. The van der Waals surface area contributed by atoms with Crippen molar-refractivity contribution in [2.75, 3.05) is 6.61 Å². The molecule has 0 bridgehead atoms. The van der Waals surface area contributed by atoms with Crippen LogP contribution in [0.4, 0.5) is 0 Å². The maximum atomic E-state index is 13.2. The number of hydrogen-bond acceptors (Lipinski definition) is 6. The summed E-state index contributed by atoms with van der Waals surface area (Å²) in [6.07, 6.45) is 2.83. The van der Waals surface area contributed by atoms with E-state index in [0.29, 0.717) is 44.6 Å². The molecule has 0 atom stereocenters. The maximum absolute atomic E-state index is 13.2. The van der Waals surface area contributed by atoms with E-state index >= 15 is 0 Å². The van der Waals surface area contributed by atoms with Crippen LogP contribution in [-0.2, 0) is 0 Å². The molecule has 2 aromatic heterocycles. The molecule has 1 amide bonds. The summed E-state index contributed by atoms with van der Waals surface area (Å²) >= 11 is 12.9. The molecular weight excluding hydrogens is 541 g/mol. The summed E-state index contributed by atoms with van der Waals surface area (Å²) in [7, 11) is 0. The van der Waals surface area contributed by atoms with Crippen molar-refractivity contribution in [3.63, 3.8) is 0 Å². The van der Waals surface area contributed by atoms with Gasteiger partial charge in [-0.1, -0.05) is 53.5 Å². The van der Waals surface area contributed by atoms with Crippen LogP contribution in [0.5, 0.6) is 11.5 Å². The quantitative estimate of drug-likeness (QED) is 0.0907. The lowest BCUT2D eigenvalue weighted by Crippen LogP contribution is -2.19. The molecule has 10 heteroatoms. The Morgan fingerprint density at radius 1 is 1.00 bits per heavy atom. The van der Waals surface area contributed by atoms with Crippen LogP contribution >= 0.6 is 23.2 Å². The number of amides is 1. The zero-order valence-electron chi connectivity index (χ0n) is 20.5. The summed E-state index contributed by atoms with van der Waals surface area (Å²) in [6, 6.07) is 20.6. The molecule has 8 nitrogen and oxygen atoms in total. The number of carbonyl (C=O) groups excluding carboxylic acids is 2. The zero-order chi connectivity index (χ0) is 27.4. The Hall–Kier alpha value is -4.53. The smallest absolute Gasteiger partial charge is 0.379 e. The molecule has 0 saturated carbocycles. The molecule has 2 N–H and O–H groups in total. The molecule has 0 aliphatic heterocycles. The van der Waals surface area contributed by atoms with Crippen LogP contribution in [0.15, 0.2) is 88.6 Å². The number of nitrogens with zero attached hydrogens (tertiary/aromatic N) is 1. The first-order chi connectivity index (χ1) is 19.0. The van der Waals surface area contributed by atoms with Crippen molar-refractivity contribution in [3.05, 3.63) is 106 Å². The predicted octanol–water partition coefficient (Wildman–Crippen LogP) is 7.12. The van der Waals surface area contributed by atoms with Gasteiger partial charge in [0.15, 0.2) is 11.5 Å². The van der Waals surface area contributed by atoms with E-state index < -0.39 is 11.9 Å². The third-order valence-electron chi connectivity index (χ3n) is 5.73. The largest absolute Gasteiger partial charge is 0.490 e. The highest BCUT2D eigenvalue weighted by molar-refractivity contribution is 6.37. The molecule has 5 rings (SSSR count). The minimum atomic E-state index is -0.651. The molecule has 3 aromatic carbocycles. The van der Waals surface area contributed by atoms with Gasteiger partial charge in [-0.15, -0.1) is 0 Å². The SMILES string of the molecule is CCOc1cc(C=NNC(=O)c2[nH]c3c(Cl)cccc3c2-c2ccccc2Cl)ccc1OC(=O)c1ccco1. The number of fused-ring (bicyclic) bond motifs is 1. The summed E-state index contributed by atoms with van der Waals surface area (Å²) in [5.74, 6) is -0.511. The number of benzene rings is 3. The van der Waals surface area contributed by atoms with E-state index in [4.69, 9.17) is 37.1 Å². The summed E-state index contributed by atoms with van der Waals surface area (Å²) in [4.78, 5) is 28.6. The van der Waals surface area contributed by atoms with Crippen molar-refractivity contribution in [1.82, 2.24) is 10.4 Å². The van der Waals surface area contributed by atoms with E-state index in [2.05, 4.69) is 15.5 Å². The first kappa shape index (κ1) is 26.1. The van der Waals surface area contributed by atoms with Gasteiger partial charge in [-0.3, -0.25) is 4.79 Å². The second-order valence-corrected chi connectivity index (χ2v) is 9.04. The molecule has 5 aromatic rings. The monoisotopic (exact) mass is 561 g/mol. The molecule has 0 spiro atoms. The molecule has 39 heavy (non-hydrogen) atoms. The van der Waals surface area contributed by atoms with Gasteiger partial charge in [-0.05, 0) is 55.0 Å².